The highest BCUT2D eigenvalue weighted by Crippen LogP contribution is 2.48. The lowest BCUT2D eigenvalue weighted by Crippen LogP contribution is -2.36. The van der Waals surface area contributed by atoms with Crippen molar-refractivity contribution in [2.45, 2.75) is 33.1 Å². The van der Waals surface area contributed by atoms with Gasteiger partial charge in [-0.05, 0) is 36.7 Å². The van der Waals surface area contributed by atoms with E-state index < -0.39 is 17.8 Å². The Labute approximate surface area is 168 Å². The smallest absolute Gasteiger partial charge is 0.307 e. The van der Waals surface area contributed by atoms with Crippen LogP contribution in [0.25, 0.3) is 11.3 Å². The first-order valence-electron chi connectivity index (χ1n) is 9.65. The number of carboxylic acid groups (broad SMARTS) is 1. The maximum Gasteiger partial charge on any atom is 0.307 e. The zero-order chi connectivity index (χ0) is 20.0. The highest BCUT2D eigenvalue weighted by molar-refractivity contribution is 7.16. The number of rotatable bonds is 5. The van der Waals surface area contributed by atoms with Gasteiger partial charge in [-0.2, -0.15) is 0 Å². The molecule has 146 valence electrons. The number of hydrogen-bond donors (Lipinski definition) is 2. The van der Waals surface area contributed by atoms with E-state index in [0.717, 1.165) is 22.6 Å². The van der Waals surface area contributed by atoms with E-state index in [1.165, 1.54) is 16.9 Å². The zero-order valence-electron chi connectivity index (χ0n) is 16.2. The standard InChI is InChI=1S/C22H24N2O3S/c1-11(2)13-4-6-14(7-5-13)19-12(3)28-22(23-19)24-20(25)17-15-8-9-16(10-15)18(17)21(26)27/h4-9,11,15-18H,10H2,1-3H3,(H,26,27)(H,23,24,25). The lowest BCUT2D eigenvalue weighted by Gasteiger charge is -2.23. The Hall–Kier alpha value is -2.47. The molecule has 4 atom stereocenters. The Balaban J connectivity index is 1.53. The number of hydrogen-bond acceptors (Lipinski definition) is 4. The van der Waals surface area contributed by atoms with E-state index in [1.807, 2.05) is 19.1 Å². The maximum atomic E-state index is 12.9. The molecule has 2 aliphatic rings. The van der Waals surface area contributed by atoms with Gasteiger partial charge in [0.1, 0.15) is 0 Å². The van der Waals surface area contributed by atoms with Crippen molar-refractivity contribution in [3.63, 3.8) is 0 Å². The van der Waals surface area contributed by atoms with E-state index in [4.69, 9.17) is 0 Å². The molecule has 0 radical (unpaired) electrons. The van der Waals surface area contributed by atoms with Crippen molar-refractivity contribution in [1.29, 1.82) is 0 Å². The molecule has 1 amide bonds. The van der Waals surface area contributed by atoms with E-state index >= 15 is 0 Å². The molecule has 1 aromatic heterocycles. The summed E-state index contributed by atoms with van der Waals surface area (Å²) < 4.78 is 0. The number of aliphatic carboxylic acids is 1. The summed E-state index contributed by atoms with van der Waals surface area (Å²) >= 11 is 1.43. The first-order chi connectivity index (χ1) is 13.3. The number of benzene rings is 1. The second kappa shape index (κ2) is 7.17. The molecule has 28 heavy (non-hydrogen) atoms. The number of aryl methyl sites for hydroxylation is 1. The largest absolute Gasteiger partial charge is 0.481 e. The Kier molecular flexibility index (Phi) is 4.83. The fraction of sp³-hybridized carbons (Fsp3) is 0.409. The van der Waals surface area contributed by atoms with E-state index in [0.29, 0.717) is 11.0 Å². The van der Waals surface area contributed by atoms with Crippen molar-refractivity contribution in [2.75, 3.05) is 5.32 Å². The molecule has 0 spiro atoms. The summed E-state index contributed by atoms with van der Waals surface area (Å²) in [6, 6.07) is 8.33. The Morgan fingerprint density at radius 3 is 2.39 bits per heavy atom. The van der Waals surface area contributed by atoms with Crippen molar-refractivity contribution in [2.24, 2.45) is 23.7 Å². The molecule has 1 heterocycles. The predicted molar refractivity (Wildman–Crippen MR) is 110 cm³/mol. The molecule has 4 unspecified atom stereocenters. The second-order valence-electron chi connectivity index (χ2n) is 8.03. The molecular weight excluding hydrogens is 372 g/mol. The first-order valence-corrected chi connectivity index (χ1v) is 10.5. The number of carbonyl (C=O) groups excluding carboxylic acids is 1. The highest BCUT2D eigenvalue weighted by Gasteiger charge is 2.51. The molecule has 1 saturated carbocycles. The molecule has 0 aliphatic heterocycles. The van der Waals surface area contributed by atoms with Gasteiger partial charge in [0.25, 0.3) is 0 Å². The number of allylic oxidation sites excluding steroid dienone is 2. The van der Waals surface area contributed by atoms with Crippen LogP contribution in [0.5, 0.6) is 0 Å². The predicted octanol–water partition coefficient (Wildman–Crippen LogP) is 4.70. The third kappa shape index (κ3) is 3.26. The van der Waals surface area contributed by atoms with Crippen LogP contribution >= 0.6 is 11.3 Å². The van der Waals surface area contributed by atoms with Crippen LogP contribution in [0.2, 0.25) is 0 Å². The normalized spacial score (nSPS) is 25.4. The van der Waals surface area contributed by atoms with Gasteiger partial charge in [0.05, 0.1) is 17.5 Å². The number of nitrogens with zero attached hydrogens (tertiary/aromatic N) is 1. The van der Waals surface area contributed by atoms with Gasteiger partial charge in [-0.25, -0.2) is 4.98 Å². The van der Waals surface area contributed by atoms with Crippen LogP contribution in [0.4, 0.5) is 5.13 Å². The molecule has 1 aromatic carbocycles. The summed E-state index contributed by atoms with van der Waals surface area (Å²) in [4.78, 5) is 30.1. The average Bonchev–Trinajstić information content (AvgIpc) is 3.35. The fourth-order valence-corrected chi connectivity index (χ4v) is 5.29. The Morgan fingerprint density at radius 1 is 1.14 bits per heavy atom. The van der Waals surface area contributed by atoms with Crippen molar-refractivity contribution in [3.05, 3.63) is 46.9 Å². The molecule has 2 aliphatic carbocycles. The number of aromatic nitrogens is 1. The molecule has 0 saturated heterocycles. The number of nitrogens with one attached hydrogen (secondary N) is 1. The Bertz CT molecular complexity index is 945. The van der Waals surface area contributed by atoms with Crippen molar-refractivity contribution >= 4 is 28.3 Å². The number of thiazole rings is 1. The maximum absolute atomic E-state index is 12.9. The van der Waals surface area contributed by atoms with Crippen LogP contribution in [0.3, 0.4) is 0 Å². The van der Waals surface area contributed by atoms with Crippen LogP contribution in [0.1, 0.15) is 36.6 Å². The van der Waals surface area contributed by atoms with E-state index in [9.17, 15) is 14.7 Å². The van der Waals surface area contributed by atoms with Gasteiger partial charge < -0.3 is 10.4 Å². The van der Waals surface area contributed by atoms with Crippen molar-refractivity contribution in [1.82, 2.24) is 4.98 Å². The molecule has 1 fully saturated rings. The van der Waals surface area contributed by atoms with E-state index in [1.54, 1.807) is 0 Å². The second-order valence-corrected chi connectivity index (χ2v) is 9.23. The SMILES string of the molecule is Cc1sc(NC(=O)C2C3C=CC(C3)C2C(=O)O)nc1-c1ccc(C(C)C)cc1. The third-order valence-corrected chi connectivity index (χ3v) is 6.81. The summed E-state index contributed by atoms with van der Waals surface area (Å²) in [5.41, 5.74) is 3.15. The van der Waals surface area contributed by atoms with Crippen LogP contribution in [0.15, 0.2) is 36.4 Å². The molecular formula is C22H24N2O3S. The summed E-state index contributed by atoms with van der Waals surface area (Å²) in [6.45, 7) is 6.30. The molecule has 6 heteroatoms. The number of carbonyl (C=O) groups is 2. The van der Waals surface area contributed by atoms with Gasteiger partial charge in [-0.15, -0.1) is 11.3 Å². The van der Waals surface area contributed by atoms with Crippen LogP contribution in [0, 0.1) is 30.6 Å². The minimum Gasteiger partial charge on any atom is -0.481 e. The minimum absolute atomic E-state index is 0.00945. The molecule has 2 aromatic rings. The summed E-state index contributed by atoms with van der Waals surface area (Å²) in [5, 5.41) is 13.0. The van der Waals surface area contributed by atoms with Crippen LogP contribution in [-0.4, -0.2) is 22.0 Å². The number of amides is 1. The summed E-state index contributed by atoms with van der Waals surface area (Å²) in [6.07, 6.45) is 4.68. The first kappa shape index (κ1) is 18.9. The topological polar surface area (TPSA) is 79.3 Å². The average molecular weight is 397 g/mol. The van der Waals surface area contributed by atoms with Crippen molar-refractivity contribution < 1.29 is 14.7 Å². The lowest BCUT2D eigenvalue weighted by atomic mass is 9.82. The number of carboxylic acids is 1. The van der Waals surface area contributed by atoms with Gasteiger partial charge in [0.2, 0.25) is 5.91 Å². The molecule has 2 bridgehead atoms. The van der Waals surface area contributed by atoms with Crippen LogP contribution in [-0.2, 0) is 9.59 Å². The van der Waals surface area contributed by atoms with Gasteiger partial charge in [-0.3, -0.25) is 9.59 Å². The lowest BCUT2D eigenvalue weighted by molar-refractivity contribution is -0.146. The minimum atomic E-state index is -0.891. The molecule has 2 N–H and O–H groups in total. The van der Waals surface area contributed by atoms with Gasteiger partial charge in [0.15, 0.2) is 5.13 Å². The number of anilines is 1. The monoisotopic (exact) mass is 396 g/mol. The van der Waals surface area contributed by atoms with E-state index in [2.05, 4.69) is 48.4 Å². The van der Waals surface area contributed by atoms with Crippen LogP contribution < -0.4 is 5.32 Å². The Morgan fingerprint density at radius 2 is 1.79 bits per heavy atom. The van der Waals surface area contributed by atoms with Gasteiger partial charge in [0, 0.05) is 10.4 Å². The molecule has 5 nitrogen and oxygen atoms in total. The molecule has 4 rings (SSSR count). The fourth-order valence-electron chi connectivity index (χ4n) is 4.45. The van der Waals surface area contributed by atoms with Gasteiger partial charge >= 0.3 is 5.97 Å². The quantitative estimate of drug-likeness (QED) is 0.718. The van der Waals surface area contributed by atoms with E-state index in [-0.39, 0.29) is 17.7 Å². The number of fused-ring (bicyclic) bond motifs is 2. The van der Waals surface area contributed by atoms with Crippen molar-refractivity contribution in [3.8, 4) is 11.3 Å². The summed E-state index contributed by atoms with van der Waals surface area (Å²) in [7, 11) is 0. The third-order valence-electron chi connectivity index (χ3n) is 5.92. The zero-order valence-corrected chi connectivity index (χ0v) is 17.0. The highest BCUT2D eigenvalue weighted by atomic mass is 32.1. The van der Waals surface area contributed by atoms with Gasteiger partial charge in [-0.1, -0.05) is 50.3 Å². The summed E-state index contributed by atoms with van der Waals surface area (Å²) in [5.74, 6) is -1.84.